The minimum atomic E-state index is -4.31. The molecular weight excluding hydrogens is 329 g/mol. The van der Waals surface area contributed by atoms with Gasteiger partial charge in [0.15, 0.2) is 6.10 Å². The van der Waals surface area contributed by atoms with Crippen molar-refractivity contribution in [2.45, 2.75) is 33.8 Å². The van der Waals surface area contributed by atoms with Gasteiger partial charge in [-0.2, -0.15) is 0 Å². The van der Waals surface area contributed by atoms with E-state index in [0.29, 0.717) is 0 Å². The lowest BCUT2D eigenvalue weighted by Crippen LogP contribution is -2.31. The van der Waals surface area contributed by atoms with Gasteiger partial charge in [-0.3, -0.25) is 18.6 Å². The van der Waals surface area contributed by atoms with Crippen LogP contribution in [0.15, 0.2) is 0 Å². The van der Waals surface area contributed by atoms with Crippen LogP contribution in [0.1, 0.15) is 27.7 Å². The number of ether oxygens (including phenoxy) is 2. The smallest absolute Gasteiger partial charge is 0.461 e. The molecule has 0 aliphatic carbocycles. The van der Waals surface area contributed by atoms with Crippen LogP contribution in [0, 0.1) is 11.8 Å². The van der Waals surface area contributed by atoms with E-state index in [0.717, 1.165) is 0 Å². The number of esters is 2. The molecule has 0 rings (SSSR count). The molecule has 2 unspecified atom stereocenters. The van der Waals surface area contributed by atoms with Gasteiger partial charge >= 0.3 is 19.8 Å². The Morgan fingerprint density at radius 1 is 1.04 bits per heavy atom. The fourth-order valence-corrected chi connectivity index (χ4v) is 1.91. The molecular formula is C13H26NO8P. The summed E-state index contributed by atoms with van der Waals surface area (Å²) in [5.41, 5.74) is 5.16. The molecule has 0 aromatic carbocycles. The lowest BCUT2D eigenvalue weighted by Gasteiger charge is -2.21. The van der Waals surface area contributed by atoms with Crippen molar-refractivity contribution in [3.63, 3.8) is 0 Å². The molecule has 136 valence electrons. The summed E-state index contributed by atoms with van der Waals surface area (Å²) in [5, 5.41) is 0. The van der Waals surface area contributed by atoms with Crippen molar-refractivity contribution < 1.29 is 37.6 Å². The van der Waals surface area contributed by atoms with Crippen LogP contribution >= 0.6 is 7.82 Å². The molecule has 0 bridgehead atoms. The fourth-order valence-electron chi connectivity index (χ4n) is 1.14. The highest BCUT2D eigenvalue weighted by Gasteiger charge is 2.26. The molecule has 0 saturated carbocycles. The summed E-state index contributed by atoms with van der Waals surface area (Å²) in [6, 6.07) is 0. The Balaban J connectivity index is 4.62. The molecule has 2 atom stereocenters. The van der Waals surface area contributed by atoms with E-state index in [9.17, 15) is 19.0 Å². The SMILES string of the molecule is CC(C)C(=O)OCC(COP(=O)(O)OCCN)OC(=O)C(C)C. The third-order valence-electron chi connectivity index (χ3n) is 2.43. The molecule has 3 N–H and O–H groups in total. The molecule has 10 heteroatoms. The molecule has 0 spiro atoms. The zero-order valence-corrected chi connectivity index (χ0v) is 14.8. The second-order valence-corrected chi connectivity index (χ2v) is 6.84. The zero-order valence-electron chi connectivity index (χ0n) is 13.9. The predicted octanol–water partition coefficient (Wildman–Crippen LogP) is 0.846. The topological polar surface area (TPSA) is 134 Å². The minimum Gasteiger partial charge on any atom is -0.461 e. The Morgan fingerprint density at radius 3 is 2.09 bits per heavy atom. The summed E-state index contributed by atoms with van der Waals surface area (Å²) in [4.78, 5) is 32.5. The highest BCUT2D eigenvalue weighted by Crippen LogP contribution is 2.43. The van der Waals surface area contributed by atoms with Crippen LogP contribution < -0.4 is 5.73 Å². The van der Waals surface area contributed by atoms with E-state index in [1.165, 1.54) is 0 Å². The van der Waals surface area contributed by atoms with Crippen molar-refractivity contribution >= 4 is 19.8 Å². The molecule has 0 heterocycles. The number of nitrogens with two attached hydrogens (primary N) is 1. The average molecular weight is 355 g/mol. The van der Waals surface area contributed by atoms with E-state index in [1.54, 1.807) is 27.7 Å². The number of carbonyl (C=O) groups is 2. The van der Waals surface area contributed by atoms with Crippen molar-refractivity contribution in [3.8, 4) is 0 Å². The quantitative estimate of drug-likeness (QED) is 0.408. The number of hydrogen-bond acceptors (Lipinski definition) is 8. The Kier molecular flexibility index (Phi) is 10.3. The first kappa shape index (κ1) is 22.0. The first-order chi connectivity index (χ1) is 10.6. The van der Waals surface area contributed by atoms with Gasteiger partial charge in [0.05, 0.1) is 25.0 Å². The Morgan fingerprint density at radius 2 is 1.61 bits per heavy atom. The Bertz CT molecular complexity index is 426. The second kappa shape index (κ2) is 10.7. The number of phosphoric acid groups is 1. The van der Waals surface area contributed by atoms with Gasteiger partial charge in [0, 0.05) is 6.54 Å². The molecule has 0 aromatic heterocycles. The molecule has 0 radical (unpaired) electrons. The summed E-state index contributed by atoms with van der Waals surface area (Å²) < 4.78 is 30.9. The standard InChI is InChI=1S/C13H26NO8P/c1-9(2)12(15)19-7-11(22-13(16)10(3)4)8-21-23(17,18)20-6-5-14/h9-11H,5-8,14H2,1-4H3,(H,17,18). The van der Waals surface area contributed by atoms with Gasteiger partial charge < -0.3 is 20.1 Å². The fraction of sp³-hybridized carbons (Fsp3) is 0.846. The van der Waals surface area contributed by atoms with Crippen molar-refractivity contribution in [2.24, 2.45) is 17.6 Å². The van der Waals surface area contributed by atoms with Gasteiger partial charge in [0.2, 0.25) is 0 Å². The normalized spacial score (nSPS) is 15.3. The number of phosphoric ester groups is 1. The van der Waals surface area contributed by atoms with Crippen molar-refractivity contribution in [1.82, 2.24) is 0 Å². The molecule has 0 fully saturated rings. The second-order valence-electron chi connectivity index (χ2n) is 5.38. The van der Waals surface area contributed by atoms with Crippen molar-refractivity contribution in [2.75, 3.05) is 26.4 Å². The molecule has 0 aliphatic rings. The van der Waals surface area contributed by atoms with E-state index < -0.39 is 38.4 Å². The number of carbonyl (C=O) groups excluding carboxylic acids is 2. The molecule has 0 aliphatic heterocycles. The summed E-state index contributed by atoms with van der Waals surface area (Å²) in [5.74, 6) is -1.79. The highest BCUT2D eigenvalue weighted by atomic mass is 31.2. The summed E-state index contributed by atoms with van der Waals surface area (Å²) in [7, 11) is -4.31. The van der Waals surface area contributed by atoms with Crippen LogP contribution in [0.5, 0.6) is 0 Å². The number of hydrogen-bond donors (Lipinski definition) is 2. The minimum absolute atomic E-state index is 0.0473. The molecule has 0 saturated heterocycles. The predicted molar refractivity (Wildman–Crippen MR) is 81.3 cm³/mol. The Hall–Kier alpha value is -0.990. The van der Waals surface area contributed by atoms with E-state index in [1.807, 2.05) is 0 Å². The summed E-state index contributed by atoms with van der Waals surface area (Å²) in [6.45, 7) is 5.70. The maximum absolute atomic E-state index is 11.6. The molecule has 23 heavy (non-hydrogen) atoms. The zero-order chi connectivity index (χ0) is 18.0. The lowest BCUT2D eigenvalue weighted by molar-refractivity contribution is -0.165. The van der Waals surface area contributed by atoms with E-state index in [-0.39, 0.29) is 25.7 Å². The molecule has 0 aromatic rings. The van der Waals surface area contributed by atoms with Crippen LogP contribution in [-0.2, 0) is 32.7 Å². The lowest BCUT2D eigenvalue weighted by atomic mass is 10.2. The van der Waals surface area contributed by atoms with Crippen LogP contribution in [0.4, 0.5) is 0 Å². The Labute approximate surface area is 136 Å². The van der Waals surface area contributed by atoms with Gasteiger partial charge in [-0.1, -0.05) is 27.7 Å². The van der Waals surface area contributed by atoms with Gasteiger partial charge in [0.1, 0.15) is 6.61 Å². The van der Waals surface area contributed by atoms with Crippen LogP contribution in [0.25, 0.3) is 0 Å². The van der Waals surface area contributed by atoms with Gasteiger partial charge in [-0.15, -0.1) is 0 Å². The summed E-state index contributed by atoms with van der Waals surface area (Å²) >= 11 is 0. The third kappa shape index (κ3) is 10.4. The van der Waals surface area contributed by atoms with Crippen LogP contribution in [-0.4, -0.2) is 49.3 Å². The number of rotatable bonds is 11. The van der Waals surface area contributed by atoms with Crippen LogP contribution in [0.2, 0.25) is 0 Å². The van der Waals surface area contributed by atoms with E-state index in [4.69, 9.17) is 19.7 Å². The van der Waals surface area contributed by atoms with Gasteiger partial charge in [-0.05, 0) is 0 Å². The van der Waals surface area contributed by atoms with Gasteiger partial charge in [-0.25, -0.2) is 4.57 Å². The summed E-state index contributed by atoms with van der Waals surface area (Å²) in [6.07, 6.45) is -1.02. The maximum atomic E-state index is 11.6. The first-order valence-electron chi connectivity index (χ1n) is 7.28. The maximum Gasteiger partial charge on any atom is 0.472 e. The first-order valence-corrected chi connectivity index (χ1v) is 8.77. The highest BCUT2D eigenvalue weighted by molar-refractivity contribution is 7.47. The average Bonchev–Trinajstić information content (AvgIpc) is 2.47. The van der Waals surface area contributed by atoms with Crippen molar-refractivity contribution in [1.29, 1.82) is 0 Å². The molecule has 0 amide bonds. The monoisotopic (exact) mass is 355 g/mol. The molecule has 9 nitrogen and oxygen atoms in total. The van der Waals surface area contributed by atoms with Crippen LogP contribution in [0.3, 0.4) is 0 Å². The van der Waals surface area contributed by atoms with Gasteiger partial charge in [0.25, 0.3) is 0 Å². The van der Waals surface area contributed by atoms with Crippen molar-refractivity contribution in [3.05, 3.63) is 0 Å². The largest absolute Gasteiger partial charge is 0.472 e. The van der Waals surface area contributed by atoms with E-state index >= 15 is 0 Å². The van der Waals surface area contributed by atoms with E-state index in [2.05, 4.69) is 4.52 Å². The third-order valence-corrected chi connectivity index (χ3v) is 3.42.